The molecular weight excluding hydrogens is 398 g/mol. The number of hydrogen-bond acceptors (Lipinski definition) is 5. The van der Waals surface area contributed by atoms with Gasteiger partial charge in [0, 0.05) is 13.0 Å². The zero-order valence-corrected chi connectivity index (χ0v) is 16.9. The summed E-state index contributed by atoms with van der Waals surface area (Å²) in [6.45, 7) is 0.745. The van der Waals surface area contributed by atoms with E-state index in [4.69, 9.17) is 9.40 Å². The number of amides is 2. The number of nitrogens with zero attached hydrogens (tertiary/aromatic N) is 3. The lowest BCUT2D eigenvalue weighted by atomic mass is 10.1. The lowest BCUT2D eigenvalue weighted by molar-refractivity contribution is -0.129. The molecule has 0 unspecified atom stereocenters. The minimum atomic E-state index is -0.431. The van der Waals surface area contributed by atoms with Crippen LogP contribution < -0.4 is 4.90 Å². The van der Waals surface area contributed by atoms with E-state index in [0.29, 0.717) is 24.0 Å². The smallest absolute Gasteiger partial charge is 0.238 e. The van der Waals surface area contributed by atoms with E-state index < -0.39 is 5.92 Å². The summed E-state index contributed by atoms with van der Waals surface area (Å²) in [5.41, 5.74) is 1.60. The van der Waals surface area contributed by atoms with Crippen LogP contribution in [0.2, 0.25) is 0 Å². The molecule has 2 aromatic heterocycles. The molecule has 1 aliphatic rings. The standard InChI is InChI=1S/C23H19N3O3S/c27-21-13-16(14-25(21)15-18-9-6-12-29-18)22(28)26(17-7-2-1-3-8-17)23-24-19-10-4-5-11-20(19)30-23/h1-12,16H,13-15H2/t16-/m1/s1. The Bertz CT molecular complexity index is 1150. The molecule has 30 heavy (non-hydrogen) atoms. The SMILES string of the molecule is O=C1C[C@@H](C(=O)N(c2ccccc2)c2nc3ccccc3s2)CN1Cc1ccco1. The molecule has 0 N–H and O–H groups in total. The molecule has 0 radical (unpaired) electrons. The van der Waals surface area contributed by atoms with Gasteiger partial charge < -0.3 is 9.32 Å². The number of carbonyl (C=O) groups is 2. The monoisotopic (exact) mass is 417 g/mol. The molecule has 5 rings (SSSR count). The summed E-state index contributed by atoms with van der Waals surface area (Å²) in [5.74, 6) is 0.125. The normalized spacial score (nSPS) is 16.3. The second-order valence-electron chi connectivity index (χ2n) is 7.23. The van der Waals surface area contributed by atoms with E-state index in [2.05, 4.69) is 0 Å². The van der Waals surface area contributed by atoms with Crippen LogP contribution in [0.25, 0.3) is 10.2 Å². The van der Waals surface area contributed by atoms with Gasteiger partial charge in [-0.2, -0.15) is 0 Å². The molecule has 2 amide bonds. The third-order valence-corrected chi connectivity index (χ3v) is 6.22. The number of likely N-dealkylation sites (tertiary alicyclic amines) is 1. The summed E-state index contributed by atoms with van der Waals surface area (Å²) in [5, 5.41) is 0.615. The Morgan fingerprint density at radius 3 is 2.67 bits per heavy atom. The minimum Gasteiger partial charge on any atom is -0.467 e. The Kier molecular flexibility index (Phi) is 4.80. The van der Waals surface area contributed by atoms with Gasteiger partial charge in [-0.3, -0.25) is 14.5 Å². The van der Waals surface area contributed by atoms with Gasteiger partial charge >= 0.3 is 0 Å². The average Bonchev–Trinajstić information content (AvgIpc) is 3.50. The second-order valence-corrected chi connectivity index (χ2v) is 8.24. The number of thiazole rings is 1. The quantitative estimate of drug-likeness (QED) is 0.476. The van der Waals surface area contributed by atoms with Gasteiger partial charge in [-0.1, -0.05) is 41.7 Å². The summed E-state index contributed by atoms with van der Waals surface area (Å²) in [7, 11) is 0. The topological polar surface area (TPSA) is 66.7 Å². The van der Waals surface area contributed by atoms with Gasteiger partial charge in [0.15, 0.2) is 5.13 Å². The molecule has 6 nitrogen and oxygen atoms in total. The van der Waals surface area contributed by atoms with Crippen molar-refractivity contribution in [3.8, 4) is 0 Å². The first-order valence-electron chi connectivity index (χ1n) is 9.74. The average molecular weight is 417 g/mol. The maximum atomic E-state index is 13.6. The number of benzene rings is 2. The van der Waals surface area contributed by atoms with Gasteiger partial charge in [-0.25, -0.2) is 4.98 Å². The lowest BCUT2D eigenvalue weighted by Gasteiger charge is -2.23. The molecule has 7 heteroatoms. The minimum absolute atomic E-state index is 0.0398. The van der Waals surface area contributed by atoms with Crippen molar-refractivity contribution in [2.24, 2.45) is 5.92 Å². The van der Waals surface area contributed by atoms with Crippen molar-refractivity contribution < 1.29 is 14.0 Å². The van der Waals surface area contributed by atoms with Gasteiger partial charge in [-0.05, 0) is 36.4 Å². The highest BCUT2D eigenvalue weighted by molar-refractivity contribution is 7.22. The number of furan rings is 1. The van der Waals surface area contributed by atoms with E-state index in [0.717, 1.165) is 15.9 Å². The van der Waals surface area contributed by atoms with Gasteiger partial charge in [-0.15, -0.1) is 0 Å². The van der Waals surface area contributed by atoms with Crippen LogP contribution in [0.4, 0.5) is 10.8 Å². The molecule has 2 aromatic carbocycles. The van der Waals surface area contributed by atoms with Gasteiger partial charge in [0.25, 0.3) is 0 Å². The summed E-state index contributed by atoms with van der Waals surface area (Å²) >= 11 is 1.47. The Balaban J connectivity index is 1.45. The van der Waals surface area contributed by atoms with Crippen LogP contribution >= 0.6 is 11.3 Å². The van der Waals surface area contributed by atoms with Crippen molar-refractivity contribution in [1.29, 1.82) is 0 Å². The first-order valence-corrected chi connectivity index (χ1v) is 10.6. The van der Waals surface area contributed by atoms with E-state index in [-0.39, 0.29) is 18.2 Å². The Morgan fingerprint density at radius 1 is 1.10 bits per heavy atom. The van der Waals surface area contributed by atoms with Crippen LogP contribution in [-0.4, -0.2) is 28.2 Å². The molecule has 1 fully saturated rings. The predicted octanol–water partition coefficient (Wildman–Crippen LogP) is 4.60. The Labute approximate surface area is 177 Å². The van der Waals surface area contributed by atoms with Crippen molar-refractivity contribution in [1.82, 2.24) is 9.88 Å². The fraction of sp³-hybridized carbons (Fsp3) is 0.174. The van der Waals surface area contributed by atoms with Gasteiger partial charge in [0.1, 0.15) is 5.76 Å². The van der Waals surface area contributed by atoms with Gasteiger partial charge in [0.05, 0.1) is 34.6 Å². The molecule has 150 valence electrons. The van der Waals surface area contributed by atoms with Crippen molar-refractivity contribution in [2.75, 3.05) is 11.4 Å². The highest BCUT2D eigenvalue weighted by atomic mass is 32.1. The van der Waals surface area contributed by atoms with Crippen LogP contribution in [0.5, 0.6) is 0 Å². The molecule has 4 aromatic rings. The van der Waals surface area contributed by atoms with Crippen molar-refractivity contribution in [3.05, 3.63) is 78.8 Å². The van der Waals surface area contributed by atoms with Gasteiger partial charge in [0.2, 0.25) is 11.8 Å². The zero-order chi connectivity index (χ0) is 20.5. The van der Waals surface area contributed by atoms with Crippen LogP contribution in [0, 0.1) is 5.92 Å². The molecule has 0 aliphatic carbocycles. The zero-order valence-electron chi connectivity index (χ0n) is 16.1. The number of para-hydroxylation sites is 2. The Hall–Kier alpha value is -3.45. The number of hydrogen-bond donors (Lipinski definition) is 0. The van der Waals surface area contributed by atoms with E-state index in [9.17, 15) is 9.59 Å². The maximum absolute atomic E-state index is 13.6. The summed E-state index contributed by atoms with van der Waals surface area (Å²) in [4.78, 5) is 34.2. The third-order valence-electron chi connectivity index (χ3n) is 5.20. The number of aromatic nitrogens is 1. The van der Waals surface area contributed by atoms with Crippen LogP contribution in [0.1, 0.15) is 12.2 Å². The molecular formula is C23H19N3O3S. The summed E-state index contributed by atoms with van der Waals surface area (Å²) < 4.78 is 6.38. The fourth-order valence-electron chi connectivity index (χ4n) is 3.73. The summed E-state index contributed by atoms with van der Waals surface area (Å²) in [6.07, 6.45) is 1.77. The van der Waals surface area contributed by atoms with Crippen LogP contribution in [0.15, 0.2) is 77.4 Å². The number of carbonyl (C=O) groups excluding carboxylic acids is 2. The molecule has 0 bridgehead atoms. The number of anilines is 2. The van der Waals surface area contributed by atoms with Crippen LogP contribution in [-0.2, 0) is 16.1 Å². The lowest BCUT2D eigenvalue weighted by Crippen LogP contribution is -2.34. The van der Waals surface area contributed by atoms with Crippen LogP contribution in [0.3, 0.4) is 0 Å². The largest absolute Gasteiger partial charge is 0.467 e. The fourth-order valence-corrected chi connectivity index (χ4v) is 4.72. The number of rotatable bonds is 5. The molecule has 0 saturated carbocycles. The Morgan fingerprint density at radius 2 is 1.90 bits per heavy atom. The highest BCUT2D eigenvalue weighted by Crippen LogP contribution is 2.36. The van der Waals surface area contributed by atoms with E-state index in [1.807, 2.05) is 60.7 Å². The van der Waals surface area contributed by atoms with E-state index >= 15 is 0 Å². The molecule has 1 atom stereocenters. The summed E-state index contributed by atoms with van der Waals surface area (Å²) in [6, 6.07) is 20.9. The molecule has 1 saturated heterocycles. The first kappa shape index (κ1) is 18.6. The van der Waals surface area contributed by atoms with E-state index in [1.165, 1.54) is 11.3 Å². The predicted molar refractivity (Wildman–Crippen MR) is 115 cm³/mol. The number of fused-ring (bicyclic) bond motifs is 1. The second kappa shape index (κ2) is 7.76. The molecule has 3 heterocycles. The maximum Gasteiger partial charge on any atom is 0.238 e. The van der Waals surface area contributed by atoms with Crippen molar-refractivity contribution >= 4 is 44.2 Å². The van der Waals surface area contributed by atoms with Crippen molar-refractivity contribution in [3.63, 3.8) is 0 Å². The highest BCUT2D eigenvalue weighted by Gasteiger charge is 2.38. The van der Waals surface area contributed by atoms with Crippen molar-refractivity contribution in [2.45, 2.75) is 13.0 Å². The van der Waals surface area contributed by atoms with E-state index in [1.54, 1.807) is 22.1 Å². The molecule has 0 spiro atoms. The first-order chi connectivity index (χ1) is 14.7. The third kappa shape index (κ3) is 3.48. The molecule has 1 aliphatic heterocycles.